The largest absolute Gasteiger partial charge is 0.338 e. The Kier molecular flexibility index (Phi) is 5.49. The molecule has 6 heteroatoms. The highest BCUT2D eigenvalue weighted by Crippen LogP contribution is 2.30. The fourth-order valence-corrected chi connectivity index (χ4v) is 3.49. The third kappa shape index (κ3) is 3.63. The first-order valence-electron chi connectivity index (χ1n) is 9.31. The van der Waals surface area contributed by atoms with E-state index in [0.717, 1.165) is 28.9 Å². The number of anilines is 1. The zero-order valence-electron chi connectivity index (χ0n) is 16.5. The molecule has 0 aromatic heterocycles. The van der Waals surface area contributed by atoms with E-state index >= 15 is 0 Å². The van der Waals surface area contributed by atoms with Gasteiger partial charge in [0.1, 0.15) is 5.92 Å². The van der Waals surface area contributed by atoms with Crippen molar-refractivity contribution in [2.45, 2.75) is 33.2 Å². The molecule has 4 nitrogen and oxygen atoms in total. The fraction of sp³-hybridized carbons (Fsp3) is 0.364. The lowest BCUT2D eigenvalue weighted by molar-refractivity contribution is -0.140. The van der Waals surface area contributed by atoms with Crippen LogP contribution in [-0.2, 0) is 9.59 Å². The minimum Gasteiger partial charge on any atom is -0.338 e. The Morgan fingerprint density at radius 1 is 1.11 bits per heavy atom. The van der Waals surface area contributed by atoms with Gasteiger partial charge in [-0.25, -0.2) is 8.78 Å². The summed E-state index contributed by atoms with van der Waals surface area (Å²) in [5.74, 6) is -3.19. The van der Waals surface area contributed by atoms with E-state index in [1.165, 1.54) is 11.0 Å². The van der Waals surface area contributed by atoms with Gasteiger partial charge in [-0.3, -0.25) is 9.59 Å². The molecule has 2 aromatic carbocycles. The second-order valence-corrected chi connectivity index (χ2v) is 7.40. The molecule has 2 atom stereocenters. The van der Waals surface area contributed by atoms with Crippen molar-refractivity contribution >= 4 is 17.5 Å². The number of aryl methyl sites for hydroxylation is 2. The first kappa shape index (κ1) is 20.0. The van der Waals surface area contributed by atoms with Crippen LogP contribution in [0.25, 0.3) is 0 Å². The van der Waals surface area contributed by atoms with Crippen LogP contribution in [0.4, 0.5) is 14.5 Å². The van der Waals surface area contributed by atoms with Gasteiger partial charge in [-0.15, -0.1) is 0 Å². The van der Waals surface area contributed by atoms with Crippen LogP contribution in [0.1, 0.15) is 36.1 Å². The molecule has 0 aliphatic carbocycles. The zero-order valence-corrected chi connectivity index (χ0v) is 16.5. The van der Waals surface area contributed by atoms with Crippen molar-refractivity contribution in [2.75, 3.05) is 18.5 Å². The lowest BCUT2D eigenvalue weighted by atomic mass is 10.0. The second kappa shape index (κ2) is 7.70. The smallest absolute Gasteiger partial charge is 0.239 e. The lowest BCUT2D eigenvalue weighted by Gasteiger charge is -2.27. The Hall–Kier alpha value is -2.76. The van der Waals surface area contributed by atoms with E-state index in [4.69, 9.17) is 0 Å². The normalized spacial score (nSPS) is 17.7. The molecule has 28 heavy (non-hydrogen) atoms. The van der Waals surface area contributed by atoms with Crippen molar-refractivity contribution in [3.8, 4) is 0 Å². The summed E-state index contributed by atoms with van der Waals surface area (Å²) in [6, 6.07) is 8.90. The van der Waals surface area contributed by atoms with Gasteiger partial charge in [0.05, 0.1) is 6.04 Å². The highest BCUT2D eigenvalue weighted by molar-refractivity contribution is 6.09. The Morgan fingerprint density at radius 3 is 2.46 bits per heavy atom. The summed E-state index contributed by atoms with van der Waals surface area (Å²) in [6.07, 6.45) is 0.430. The topological polar surface area (TPSA) is 40.6 Å². The van der Waals surface area contributed by atoms with E-state index in [9.17, 15) is 18.4 Å². The van der Waals surface area contributed by atoms with Crippen LogP contribution in [0.3, 0.4) is 0 Å². The molecular formula is C22H24F2N2O2. The van der Waals surface area contributed by atoms with Crippen molar-refractivity contribution in [1.29, 1.82) is 0 Å². The summed E-state index contributed by atoms with van der Waals surface area (Å²) in [7, 11) is 1.58. The molecule has 1 aliphatic rings. The molecule has 0 bridgehead atoms. The van der Waals surface area contributed by atoms with Crippen LogP contribution in [0, 0.1) is 31.4 Å². The highest BCUT2D eigenvalue weighted by Gasteiger charge is 2.40. The van der Waals surface area contributed by atoms with Crippen LogP contribution in [0.15, 0.2) is 36.4 Å². The lowest BCUT2D eigenvalue weighted by Crippen LogP contribution is -2.39. The summed E-state index contributed by atoms with van der Waals surface area (Å²) in [4.78, 5) is 28.9. The number of hydrogen-bond donors (Lipinski definition) is 0. The monoisotopic (exact) mass is 386 g/mol. The molecular weight excluding hydrogens is 362 g/mol. The van der Waals surface area contributed by atoms with Gasteiger partial charge >= 0.3 is 0 Å². The Morgan fingerprint density at radius 2 is 1.82 bits per heavy atom. The number of carbonyl (C=O) groups excluding carboxylic acids is 2. The number of halogens is 2. The van der Waals surface area contributed by atoms with E-state index in [2.05, 4.69) is 0 Å². The molecule has 2 aromatic rings. The van der Waals surface area contributed by atoms with Crippen molar-refractivity contribution < 1.29 is 18.4 Å². The summed E-state index contributed by atoms with van der Waals surface area (Å²) in [5.41, 5.74) is 3.50. The predicted molar refractivity (Wildman–Crippen MR) is 104 cm³/mol. The molecule has 1 aliphatic heterocycles. The molecule has 0 radical (unpaired) electrons. The van der Waals surface area contributed by atoms with Gasteiger partial charge in [0.2, 0.25) is 11.8 Å². The summed E-state index contributed by atoms with van der Waals surface area (Å²) >= 11 is 0. The number of nitrogens with zero attached hydrogens (tertiary/aromatic N) is 2. The number of rotatable bonds is 4. The number of amides is 2. The molecule has 0 spiro atoms. The van der Waals surface area contributed by atoms with E-state index in [1.807, 2.05) is 32.0 Å². The van der Waals surface area contributed by atoms with Crippen molar-refractivity contribution in [3.05, 3.63) is 64.7 Å². The minimum absolute atomic E-state index is 0.224. The van der Waals surface area contributed by atoms with E-state index in [1.54, 1.807) is 18.9 Å². The Bertz CT molecular complexity index is 929. The van der Waals surface area contributed by atoms with Crippen LogP contribution < -0.4 is 4.90 Å². The molecule has 1 saturated heterocycles. The average Bonchev–Trinajstić information content (AvgIpc) is 3.05. The molecule has 1 heterocycles. The van der Waals surface area contributed by atoms with E-state index in [-0.39, 0.29) is 11.8 Å². The third-order valence-corrected chi connectivity index (χ3v) is 5.66. The molecule has 3 rings (SSSR count). The standard InChI is InChI=1S/C22H24F2N2O2/c1-13-5-7-17(11-14(13)2)26-10-9-18(22(26)28)21(27)25(4)15(3)16-6-8-19(23)20(24)12-16/h5-8,11-12,15,18H,9-10H2,1-4H3. The molecule has 1 fully saturated rings. The van der Waals surface area contributed by atoms with Crippen molar-refractivity contribution in [3.63, 3.8) is 0 Å². The van der Waals surface area contributed by atoms with Crippen LogP contribution in [0.5, 0.6) is 0 Å². The summed E-state index contributed by atoms with van der Waals surface area (Å²) < 4.78 is 26.7. The first-order chi connectivity index (χ1) is 13.2. The molecule has 0 saturated carbocycles. The predicted octanol–water partition coefficient (Wildman–Crippen LogP) is 4.15. The molecule has 2 amide bonds. The van der Waals surface area contributed by atoms with Gasteiger partial charge in [-0.1, -0.05) is 12.1 Å². The van der Waals surface area contributed by atoms with Gasteiger partial charge in [-0.2, -0.15) is 0 Å². The summed E-state index contributed by atoms with van der Waals surface area (Å²) in [5, 5.41) is 0. The number of hydrogen-bond acceptors (Lipinski definition) is 2. The van der Waals surface area contributed by atoms with Crippen LogP contribution >= 0.6 is 0 Å². The summed E-state index contributed by atoms with van der Waals surface area (Å²) in [6.45, 7) is 6.20. The Labute approximate surface area is 163 Å². The van der Waals surface area contributed by atoms with Crippen molar-refractivity contribution in [2.24, 2.45) is 5.92 Å². The average molecular weight is 386 g/mol. The van der Waals surface area contributed by atoms with Gasteiger partial charge in [0.25, 0.3) is 0 Å². The number of carbonyl (C=O) groups is 2. The Balaban J connectivity index is 1.75. The van der Waals surface area contributed by atoms with Crippen LogP contribution in [0.2, 0.25) is 0 Å². The van der Waals surface area contributed by atoms with Crippen LogP contribution in [-0.4, -0.2) is 30.3 Å². The zero-order chi connectivity index (χ0) is 20.6. The van der Waals surface area contributed by atoms with Gasteiger partial charge in [0, 0.05) is 19.3 Å². The second-order valence-electron chi connectivity index (χ2n) is 7.40. The van der Waals surface area contributed by atoms with E-state index in [0.29, 0.717) is 18.5 Å². The SMILES string of the molecule is Cc1ccc(N2CCC(C(=O)N(C)C(C)c3ccc(F)c(F)c3)C2=O)cc1C. The van der Waals surface area contributed by atoms with Gasteiger partial charge in [-0.05, 0) is 68.1 Å². The molecule has 0 N–H and O–H groups in total. The number of benzene rings is 2. The third-order valence-electron chi connectivity index (χ3n) is 5.66. The first-order valence-corrected chi connectivity index (χ1v) is 9.31. The fourth-order valence-electron chi connectivity index (χ4n) is 3.49. The maximum atomic E-state index is 13.5. The minimum atomic E-state index is -0.956. The molecule has 2 unspecified atom stereocenters. The quantitative estimate of drug-likeness (QED) is 0.741. The maximum absolute atomic E-state index is 13.5. The van der Waals surface area contributed by atoms with Gasteiger partial charge < -0.3 is 9.80 Å². The van der Waals surface area contributed by atoms with E-state index < -0.39 is 23.6 Å². The maximum Gasteiger partial charge on any atom is 0.239 e. The molecule has 148 valence electrons. The van der Waals surface area contributed by atoms with Gasteiger partial charge in [0.15, 0.2) is 11.6 Å². The highest BCUT2D eigenvalue weighted by atomic mass is 19.2. The van der Waals surface area contributed by atoms with Crippen molar-refractivity contribution in [1.82, 2.24) is 4.90 Å².